The van der Waals surface area contributed by atoms with Crippen LogP contribution in [0, 0.1) is 34.9 Å². The van der Waals surface area contributed by atoms with Crippen molar-refractivity contribution in [2.24, 2.45) is 17.8 Å². The number of hydrogen-bond acceptors (Lipinski definition) is 3. The van der Waals surface area contributed by atoms with Gasteiger partial charge in [-0.1, -0.05) is 18.5 Å². The predicted molar refractivity (Wildman–Crippen MR) is 75.9 cm³/mol. The Balaban J connectivity index is 1.85. The van der Waals surface area contributed by atoms with E-state index in [1.54, 1.807) is 0 Å². The molecule has 3 aliphatic rings. The van der Waals surface area contributed by atoms with Gasteiger partial charge in [-0.15, -0.1) is 0 Å². The van der Waals surface area contributed by atoms with Gasteiger partial charge in [0.1, 0.15) is 11.2 Å². The second-order valence-electron chi connectivity index (χ2n) is 5.97. The molecule has 2 bridgehead atoms. The Morgan fingerprint density at radius 3 is 2.60 bits per heavy atom. The number of nitrogens with one attached hydrogen (secondary N) is 1. The van der Waals surface area contributed by atoms with Crippen LogP contribution in [0.2, 0.25) is 5.15 Å². The highest BCUT2D eigenvalue weighted by Gasteiger charge is 2.41. The van der Waals surface area contributed by atoms with E-state index in [1.807, 2.05) is 6.07 Å². The molecular formula is C15H17ClFN3. The van der Waals surface area contributed by atoms with Gasteiger partial charge in [0, 0.05) is 6.04 Å². The summed E-state index contributed by atoms with van der Waals surface area (Å²) in [5, 5.41) is 12.1. The topological polar surface area (TPSA) is 48.7 Å². The Hall–Kier alpha value is -1.34. The molecule has 2 unspecified atom stereocenters. The van der Waals surface area contributed by atoms with E-state index in [9.17, 15) is 4.39 Å². The van der Waals surface area contributed by atoms with Gasteiger partial charge in [0.05, 0.1) is 5.56 Å². The second-order valence-corrected chi connectivity index (χ2v) is 6.33. The summed E-state index contributed by atoms with van der Waals surface area (Å²) in [6, 6.07) is 3.25. The van der Waals surface area contributed by atoms with Gasteiger partial charge in [-0.3, -0.25) is 0 Å². The van der Waals surface area contributed by atoms with Crippen LogP contribution in [0.4, 0.5) is 10.2 Å². The lowest BCUT2D eigenvalue weighted by Crippen LogP contribution is -2.47. The lowest BCUT2D eigenvalue weighted by atomic mass is 9.62. The molecule has 3 saturated carbocycles. The molecule has 3 fully saturated rings. The highest BCUT2D eigenvalue weighted by Crippen LogP contribution is 2.46. The van der Waals surface area contributed by atoms with Gasteiger partial charge in [-0.05, 0) is 49.5 Å². The van der Waals surface area contributed by atoms with Gasteiger partial charge in [0.2, 0.25) is 0 Å². The van der Waals surface area contributed by atoms with Crippen molar-refractivity contribution >= 4 is 17.4 Å². The van der Waals surface area contributed by atoms with Crippen LogP contribution in [-0.2, 0) is 0 Å². The van der Waals surface area contributed by atoms with Crippen molar-refractivity contribution in [3.05, 3.63) is 22.6 Å². The quantitative estimate of drug-likeness (QED) is 0.839. The molecule has 0 aliphatic heterocycles. The number of aromatic nitrogens is 1. The van der Waals surface area contributed by atoms with Gasteiger partial charge in [0.15, 0.2) is 11.6 Å². The molecule has 1 aromatic rings. The summed E-state index contributed by atoms with van der Waals surface area (Å²) in [7, 11) is 0. The summed E-state index contributed by atoms with van der Waals surface area (Å²) in [4.78, 5) is 4.01. The van der Waals surface area contributed by atoms with Crippen LogP contribution < -0.4 is 5.32 Å². The van der Waals surface area contributed by atoms with E-state index in [4.69, 9.17) is 16.9 Å². The molecule has 5 heteroatoms. The smallest absolute Gasteiger partial charge is 0.166 e. The third-order valence-corrected chi connectivity index (χ3v) is 5.28. The predicted octanol–water partition coefficient (Wildman–Crippen LogP) is 3.98. The van der Waals surface area contributed by atoms with Crippen molar-refractivity contribution in [3.8, 4) is 6.07 Å². The second kappa shape index (κ2) is 5.21. The van der Waals surface area contributed by atoms with Gasteiger partial charge in [-0.2, -0.15) is 5.26 Å². The zero-order chi connectivity index (χ0) is 14.3. The first-order valence-electron chi connectivity index (χ1n) is 7.13. The zero-order valence-electron chi connectivity index (χ0n) is 11.4. The van der Waals surface area contributed by atoms with E-state index in [1.165, 1.54) is 25.7 Å². The number of pyridine rings is 1. The average molecular weight is 294 g/mol. The molecule has 0 amide bonds. The van der Waals surface area contributed by atoms with Crippen LogP contribution in [0.3, 0.4) is 0 Å². The molecule has 0 radical (unpaired) electrons. The maximum absolute atomic E-state index is 14.0. The summed E-state index contributed by atoms with van der Waals surface area (Å²) in [6.45, 7) is 2.23. The van der Waals surface area contributed by atoms with Crippen LogP contribution in [0.5, 0.6) is 0 Å². The first kappa shape index (κ1) is 13.6. The maximum Gasteiger partial charge on any atom is 0.166 e. The average Bonchev–Trinajstić information content (AvgIpc) is 2.46. The minimum absolute atomic E-state index is 0.0602. The molecule has 1 N–H and O–H groups in total. The molecule has 0 saturated heterocycles. The lowest BCUT2D eigenvalue weighted by Gasteiger charge is -2.47. The van der Waals surface area contributed by atoms with Crippen molar-refractivity contribution in [2.45, 2.75) is 38.6 Å². The van der Waals surface area contributed by atoms with Crippen LogP contribution in [0.15, 0.2) is 6.07 Å². The summed E-state index contributed by atoms with van der Waals surface area (Å²) in [5.74, 6) is 1.52. The van der Waals surface area contributed by atoms with Gasteiger partial charge in [0.25, 0.3) is 0 Å². The first-order valence-corrected chi connectivity index (χ1v) is 7.50. The Kier molecular flexibility index (Phi) is 3.55. The van der Waals surface area contributed by atoms with Gasteiger partial charge < -0.3 is 5.32 Å². The number of rotatable bonds is 2. The molecule has 20 heavy (non-hydrogen) atoms. The van der Waals surface area contributed by atoms with Gasteiger partial charge in [-0.25, -0.2) is 9.37 Å². The van der Waals surface area contributed by atoms with E-state index < -0.39 is 5.82 Å². The van der Waals surface area contributed by atoms with Crippen molar-refractivity contribution in [1.29, 1.82) is 5.26 Å². The highest BCUT2D eigenvalue weighted by atomic mass is 35.5. The Morgan fingerprint density at radius 1 is 1.35 bits per heavy atom. The minimum atomic E-state index is -0.500. The SMILES string of the molecule is CC1C2CCC(CC2)C1Nc1nc(Cl)c(C#N)cc1F. The fraction of sp³-hybridized carbons (Fsp3) is 0.600. The molecule has 3 nitrogen and oxygen atoms in total. The summed E-state index contributed by atoms with van der Waals surface area (Å²) in [5.41, 5.74) is 0.0768. The summed E-state index contributed by atoms with van der Waals surface area (Å²) < 4.78 is 14.0. The van der Waals surface area contributed by atoms with E-state index in [0.717, 1.165) is 12.0 Å². The Morgan fingerprint density at radius 2 is 2.00 bits per heavy atom. The minimum Gasteiger partial charge on any atom is -0.364 e. The van der Waals surface area contributed by atoms with Crippen molar-refractivity contribution in [2.75, 3.05) is 5.32 Å². The number of hydrogen-bond donors (Lipinski definition) is 1. The third kappa shape index (κ3) is 2.25. The van der Waals surface area contributed by atoms with E-state index in [2.05, 4.69) is 17.2 Å². The standard InChI is InChI=1S/C15H17ClFN3/c1-8-9-2-4-10(5-3-9)13(8)19-15-12(17)6-11(7-18)14(16)20-15/h6,8-10,13H,2-5H2,1H3,(H,19,20). The van der Waals surface area contributed by atoms with Crippen molar-refractivity contribution < 1.29 is 4.39 Å². The molecule has 0 aromatic carbocycles. The maximum atomic E-state index is 14.0. The number of nitriles is 1. The van der Waals surface area contributed by atoms with Crippen LogP contribution >= 0.6 is 11.6 Å². The van der Waals surface area contributed by atoms with Crippen molar-refractivity contribution in [1.82, 2.24) is 4.98 Å². The van der Waals surface area contributed by atoms with Crippen LogP contribution in [-0.4, -0.2) is 11.0 Å². The number of fused-ring (bicyclic) bond motifs is 3. The molecule has 106 valence electrons. The fourth-order valence-corrected chi connectivity index (χ4v) is 3.99. The Labute approximate surface area is 123 Å². The Bertz CT molecular complexity index is 559. The highest BCUT2D eigenvalue weighted by molar-refractivity contribution is 6.30. The zero-order valence-corrected chi connectivity index (χ0v) is 12.1. The number of halogens is 2. The molecule has 2 atom stereocenters. The third-order valence-electron chi connectivity index (χ3n) is 4.99. The molecule has 0 spiro atoms. The summed E-state index contributed by atoms with van der Waals surface area (Å²) >= 11 is 5.89. The van der Waals surface area contributed by atoms with E-state index >= 15 is 0 Å². The molecule has 3 aliphatic carbocycles. The number of nitrogens with zero attached hydrogens (tertiary/aromatic N) is 2. The van der Waals surface area contributed by atoms with Crippen LogP contribution in [0.25, 0.3) is 0 Å². The lowest BCUT2D eigenvalue weighted by molar-refractivity contribution is 0.0926. The van der Waals surface area contributed by atoms with Crippen LogP contribution in [0.1, 0.15) is 38.2 Å². The summed E-state index contributed by atoms with van der Waals surface area (Å²) in [6.07, 6.45) is 4.98. The normalized spacial score (nSPS) is 31.9. The van der Waals surface area contributed by atoms with Gasteiger partial charge >= 0.3 is 0 Å². The van der Waals surface area contributed by atoms with E-state index in [-0.39, 0.29) is 22.6 Å². The van der Waals surface area contributed by atoms with E-state index in [0.29, 0.717) is 11.8 Å². The molecular weight excluding hydrogens is 277 g/mol. The monoisotopic (exact) mass is 293 g/mol. The molecule has 4 rings (SSSR count). The molecule has 1 aromatic heterocycles. The largest absolute Gasteiger partial charge is 0.364 e. The van der Waals surface area contributed by atoms with Crippen molar-refractivity contribution in [3.63, 3.8) is 0 Å². The number of anilines is 1. The first-order chi connectivity index (χ1) is 9.60. The molecule has 1 heterocycles. The fourth-order valence-electron chi connectivity index (χ4n) is 3.81.